The van der Waals surface area contributed by atoms with Gasteiger partial charge in [0.25, 0.3) is 0 Å². The molecule has 4 heteroatoms. The first-order valence-corrected chi connectivity index (χ1v) is 5.08. The fourth-order valence-electron chi connectivity index (χ4n) is 1.28. The minimum absolute atomic E-state index is 0.0860. The summed E-state index contributed by atoms with van der Waals surface area (Å²) in [4.78, 5) is 13.7. The van der Waals surface area contributed by atoms with Gasteiger partial charge < -0.3 is 15.5 Å². The predicted octanol–water partition coefficient (Wildman–Crippen LogP) is -0.0918. The van der Waals surface area contributed by atoms with Crippen LogP contribution < -0.4 is 10.6 Å². The fraction of sp³-hybridized carbons (Fsp3) is 0.900. The van der Waals surface area contributed by atoms with Gasteiger partial charge in [0.05, 0.1) is 6.04 Å². The van der Waals surface area contributed by atoms with Gasteiger partial charge in [-0.15, -0.1) is 0 Å². The molecule has 84 valence electrons. The van der Waals surface area contributed by atoms with E-state index in [-0.39, 0.29) is 11.9 Å². The van der Waals surface area contributed by atoms with Crippen molar-refractivity contribution >= 4 is 5.91 Å². The summed E-state index contributed by atoms with van der Waals surface area (Å²) < 4.78 is 0. The maximum Gasteiger partial charge on any atom is 0.237 e. The van der Waals surface area contributed by atoms with Crippen molar-refractivity contribution < 1.29 is 4.79 Å². The van der Waals surface area contributed by atoms with Crippen molar-refractivity contribution in [1.29, 1.82) is 0 Å². The van der Waals surface area contributed by atoms with Crippen LogP contribution in [0.2, 0.25) is 0 Å². The van der Waals surface area contributed by atoms with Gasteiger partial charge in [-0.25, -0.2) is 0 Å². The average molecular weight is 201 g/mol. The van der Waals surface area contributed by atoms with Crippen molar-refractivity contribution in [2.75, 3.05) is 34.2 Å². The first kappa shape index (κ1) is 13.4. The van der Waals surface area contributed by atoms with Crippen LogP contribution in [0.5, 0.6) is 0 Å². The number of hydrogen-bond donors (Lipinski definition) is 2. The van der Waals surface area contributed by atoms with E-state index >= 15 is 0 Å². The fourth-order valence-corrected chi connectivity index (χ4v) is 1.28. The molecule has 1 amide bonds. The lowest BCUT2D eigenvalue weighted by molar-refractivity contribution is -0.124. The number of hydrogen-bond acceptors (Lipinski definition) is 3. The Morgan fingerprint density at radius 1 is 1.36 bits per heavy atom. The molecule has 0 aromatic heterocycles. The molecule has 0 fully saturated rings. The van der Waals surface area contributed by atoms with Crippen LogP contribution >= 0.6 is 0 Å². The molecule has 1 atom stereocenters. The van der Waals surface area contributed by atoms with Crippen molar-refractivity contribution in [2.45, 2.75) is 19.9 Å². The minimum Gasteiger partial charge on any atom is -0.353 e. The van der Waals surface area contributed by atoms with Gasteiger partial charge in [-0.3, -0.25) is 4.79 Å². The highest BCUT2D eigenvalue weighted by Gasteiger charge is 2.18. The highest BCUT2D eigenvalue weighted by Crippen LogP contribution is 2.00. The van der Waals surface area contributed by atoms with Gasteiger partial charge in [-0.2, -0.15) is 0 Å². The maximum atomic E-state index is 11.6. The van der Waals surface area contributed by atoms with Crippen LogP contribution in [0.15, 0.2) is 0 Å². The molecule has 0 aromatic carbocycles. The number of likely N-dealkylation sites (N-methyl/N-ethyl adjacent to an activating group) is 2. The molecule has 0 saturated heterocycles. The van der Waals surface area contributed by atoms with Gasteiger partial charge in [-0.1, -0.05) is 13.8 Å². The first-order valence-electron chi connectivity index (χ1n) is 5.08. The van der Waals surface area contributed by atoms with E-state index in [1.807, 2.05) is 39.9 Å². The number of rotatable bonds is 6. The summed E-state index contributed by atoms with van der Waals surface area (Å²) in [5, 5.41) is 5.92. The molecule has 2 N–H and O–H groups in total. The Labute approximate surface area is 87.0 Å². The molecule has 0 radical (unpaired) electrons. The number of carbonyl (C=O) groups excluding carboxylic acids is 1. The monoisotopic (exact) mass is 201 g/mol. The van der Waals surface area contributed by atoms with E-state index in [1.165, 1.54) is 0 Å². The van der Waals surface area contributed by atoms with E-state index < -0.39 is 0 Å². The highest BCUT2D eigenvalue weighted by atomic mass is 16.2. The summed E-state index contributed by atoms with van der Waals surface area (Å²) >= 11 is 0. The van der Waals surface area contributed by atoms with Crippen LogP contribution in [0, 0.1) is 5.92 Å². The average Bonchev–Trinajstić information content (AvgIpc) is 2.03. The number of nitrogens with one attached hydrogen (secondary N) is 2. The third-order valence-electron chi connectivity index (χ3n) is 2.12. The van der Waals surface area contributed by atoms with E-state index in [4.69, 9.17) is 0 Å². The summed E-state index contributed by atoms with van der Waals surface area (Å²) in [6.45, 7) is 5.65. The number of nitrogens with zero attached hydrogens (tertiary/aromatic N) is 1. The summed E-state index contributed by atoms with van der Waals surface area (Å²) in [6.07, 6.45) is 0. The van der Waals surface area contributed by atoms with Crippen molar-refractivity contribution in [3.8, 4) is 0 Å². The van der Waals surface area contributed by atoms with Gasteiger partial charge in [-0.05, 0) is 27.1 Å². The molecule has 0 aliphatic heterocycles. The molecule has 0 unspecified atom stereocenters. The minimum atomic E-state index is -0.0860. The van der Waals surface area contributed by atoms with E-state index in [0.717, 1.165) is 6.54 Å². The van der Waals surface area contributed by atoms with Crippen molar-refractivity contribution in [3.05, 3.63) is 0 Å². The summed E-state index contributed by atoms with van der Waals surface area (Å²) in [5.41, 5.74) is 0. The summed E-state index contributed by atoms with van der Waals surface area (Å²) in [5.74, 6) is 0.406. The molecule has 0 spiro atoms. The van der Waals surface area contributed by atoms with Crippen molar-refractivity contribution in [2.24, 2.45) is 5.92 Å². The van der Waals surface area contributed by atoms with Crippen molar-refractivity contribution in [1.82, 2.24) is 15.5 Å². The molecule has 14 heavy (non-hydrogen) atoms. The molecule has 0 rings (SSSR count). The third-order valence-corrected chi connectivity index (χ3v) is 2.12. The first-order chi connectivity index (χ1) is 6.49. The SMILES string of the molecule is CN[C@@H](C(=O)NCCN(C)C)C(C)C. The Hall–Kier alpha value is -0.610. The molecule has 0 aliphatic carbocycles. The highest BCUT2D eigenvalue weighted by molar-refractivity contribution is 5.81. The van der Waals surface area contributed by atoms with Crippen LogP contribution in [0.4, 0.5) is 0 Å². The molecule has 0 heterocycles. The van der Waals surface area contributed by atoms with Gasteiger partial charge >= 0.3 is 0 Å². The number of amides is 1. The topological polar surface area (TPSA) is 44.4 Å². The Balaban J connectivity index is 3.81. The molecule has 0 aromatic rings. The lowest BCUT2D eigenvalue weighted by Gasteiger charge is -2.20. The number of carbonyl (C=O) groups is 1. The van der Waals surface area contributed by atoms with Crippen molar-refractivity contribution in [3.63, 3.8) is 0 Å². The second kappa shape index (κ2) is 6.79. The Morgan fingerprint density at radius 2 is 1.93 bits per heavy atom. The Bertz CT molecular complexity index is 169. The van der Waals surface area contributed by atoms with E-state index in [1.54, 1.807) is 0 Å². The normalized spacial score (nSPS) is 13.4. The zero-order chi connectivity index (χ0) is 11.1. The zero-order valence-corrected chi connectivity index (χ0v) is 9.92. The van der Waals surface area contributed by atoms with Crippen LogP contribution in [0.1, 0.15) is 13.8 Å². The van der Waals surface area contributed by atoms with E-state index in [9.17, 15) is 4.79 Å². The second-order valence-corrected chi connectivity index (χ2v) is 4.10. The summed E-state index contributed by atoms with van der Waals surface area (Å²) in [7, 11) is 5.80. The predicted molar refractivity (Wildman–Crippen MR) is 59.2 cm³/mol. The lowest BCUT2D eigenvalue weighted by atomic mass is 10.0. The van der Waals surface area contributed by atoms with Gasteiger partial charge in [0, 0.05) is 13.1 Å². The van der Waals surface area contributed by atoms with Crippen LogP contribution in [-0.2, 0) is 4.79 Å². The second-order valence-electron chi connectivity index (χ2n) is 4.10. The quantitative estimate of drug-likeness (QED) is 0.631. The molecular weight excluding hydrogens is 178 g/mol. The van der Waals surface area contributed by atoms with Crippen LogP contribution in [-0.4, -0.2) is 51.1 Å². The van der Waals surface area contributed by atoms with Crippen LogP contribution in [0.25, 0.3) is 0 Å². The molecular formula is C10H23N3O. The van der Waals surface area contributed by atoms with E-state index in [2.05, 4.69) is 10.6 Å². The third kappa shape index (κ3) is 5.19. The molecule has 0 aliphatic rings. The molecule has 0 saturated carbocycles. The van der Waals surface area contributed by atoms with Gasteiger partial charge in [0.15, 0.2) is 0 Å². The van der Waals surface area contributed by atoms with E-state index in [0.29, 0.717) is 12.5 Å². The maximum absolute atomic E-state index is 11.6. The molecule has 0 bridgehead atoms. The Kier molecular flexibility index (Phi) is 6.49. The lowest BCUT2D eigenvalue weighted by Crippen LogP contribution is -2.47. The Morgan fingerprint density at radius 3 is 2.29 bits per heavy atom. The van der Waals surface area contributed by atoms with Gasteiger partial charge in [0.1, 0.15) is 0 Å². The standard InChI is InChI=1S/C10H23N3O/c1-8(2)9(11-3)10(14)12-6-7-13(4)5/h8-9,11H,6-7H2,1-5H3,(H,12,14)/t9-/m1/s1. The summed E-state index contributed by atoms with van der Waals surface area (Å²) in [6, 6.07) is -0.0860. The zero-order valence-electron chi connectivity index (χ0n) is 9.92. The van der Waals surface area contributed by atoms with Crippen LogP contribution in [0.3, 0.4) is 0 Å². The largest absolute Gasteiger partial charge is 0.353 e. The van der Waals surface area contributed by atoms with Gasteiger partial charge in [0.2, 0.25) is 5.91 Å². The molecule has 4 nitrogen and oxygen atoms in total. The smallest absolute Gasteiger partial charge is 0.237 e.